The summed E-state index contributed by atoms with van der Waals surface area (Å²) in [7, 11) is 0. The molecule has 0 aliphatic rings. The third kappa shape index (κ3) is 4.58. The largest absolute Gasteiger partial charge is 0.443 e. The van der Waals surface area contributed by atoms with Crippen LogP contribution in [0.25, 0.3) is 10.6 Å². The molecule has 0 unspecified atom stereocenters. The summed E-state index contributed by atoms with van der Waals surface area (Å²) < 4.78 is 40.3. The number of aromatic nitrogens is 2. The van der Waals surface area contributed by atoms with E-state index in [0.717, 1.165) is 10.5 Å². The number of hydrogen-bond acceptors (Lipinski definition) is 3. The molecule has 0 spiro atoms. The predicted octanol–water partition coefficient (Wildman–Crippen LogP) is 3.13. The molecule has 2 aromatic heterocycles. The van der Waals surface area contributed by atoms with E-state index in [1.165, 1.54) is 11.3 Å². The highest BCUT2D eigenvalue weighted by Crippen LogP contribution is 2.31. The summed E-state index contributed by atoms with van der Waals surface area (Å²) in [6, 6.07) is 11.4. The molecule has 3 aromatic rings. The zero-order valence-electron chi connectivity index (χ0n) is 13.0. The molecule has 26 heavy (non-hydrogen) atoms. The van der Waals surface area contributed by atoms with Gasteiger partial charge in [0.2, 0.25) is 0 Å². The Kier molecular flexibility index (Phi) is 5.23. The Hall–Kier alpha value is -2.46. The first-order valence-corrected chi connectivity index (χ1v) is 8.91. The van der Waals surface area contributed by atoms with Gasteiger partial charge >= 0.3 is 12.1 Å². The molecule has 5 nitrogen and oxygen atoms in total. The Morgan fingerprint density at radius 2 is 1.88 bits per heavy atom. The average Bonchev–Trinajstić information content (AvgIpc) is 3.10. The number of alkyl halides is 3. The van der Waals surface area contributed by atoms with Crippen molar-refractivity contribution >= 4 is 44.9 Å². The van der Waals surface area contributed by atoms with Crippen molar-refractivity contribution in [3.8, 4) is 10.6 Å². The van der Waals surface area contributed by atoms with Crippen LogP contribution in [0.2, 0.25) is 0 Å². The first-order valence-electron chi connectivity index (χ1n) is 7.23. The van der Waals surface area contributed by atoms with Gasteiger partial charge in [-0.1, -0.05) is 22.0 Å². The van der Waals surface area contributed by atoms with E-state index >= 15 is 0 Å². The molecule has 0 aliphatic carbocycles. The highest BCUT2D eigenvalue weighted by Gasteiger charge is 2.36. The number of halogens is 4. The third-order valence-electron chi connectivity index (χ3n) is 3.16. The van der Waals surface area contributed by atoms with Gasteiger partial charge in [0.25, 0.3) is 5.96 Å². The minimum absolute atomic E-state index is 0.00350. The van der Waals surface area contributed by atoms with Crippen molar-refractivity contribution in [3.63, 3.8) is 0 Å². The molecule has 1 aromatic carbocycles. The van der Waals surface area contributed by atoms with Crippen LogP contribution in [0.3, 0.4) is 0 Å². The summed E-state index contributed by atoms with van der Waals surface area (Å²) in [5, 5.41) is 4.59. The van der Waals surface area contributed by atoms with Crippen LogP contribution in [-0.4, -0.2) is 15.9 Å². The second kappa shape index (κ2) is 7.42. The lowest BCUT2D eigenvalue weighted by molar-refractivity contribution is -0.365. The highest BCUT2D eigenvalue weighted by atomic mass is 79.9. The van der Waals surface area contributed by atoms with E-state index in [4.69, 9.17) is 5.73 Å². The molecular weight excluding hydrogens is 431 g/mol. The van der Waals surface area contributed by atoms with E-state index in [9.17, 15) is 13.2 Å². The molecule has 10 heteroatoms. The van der Waals surface area contributed by atoms with Crippen LogP contribution >= 0.6 is 27.3 Å². The lowest BCUT2D eigenvalue weighted by Gasteiger charge is -2.05. The van der Waals surface area contributed by atoms with Crippen molar-refractivity contribution in [3.05, 3.63) is 58.0 Å². The van der Waals surface area contributed by atoms with Gasteiger partial charge in [-0.3, -0.25) is 5.32 Å². The van der Waals surface area contributed by atoms with E-state index in [2.05, 4.69) is 36.2 Å². The lowest BCUT2D eigenvalue weighted by Crippen LogP contribution is -2.72. The first kappa shape index (κ1) is 18.3. The molecule has 134 valence electrons. The van der Waals surface area contributed by atoms with Crippen molar-refractivity contribution in [2.45, 2.75) is 6.18 Å². The van der Waals surface area contributed by atoms with Crippen LogP contribution in [-0.2, 0) is 6.18 Å². The quantitative estimate of drug-likeness (QED) is 0.430. The third-order valence-corrected chi connectivity index (χ3v) is 4.58. The smallest absolute Gasteiger partial charge is 0.322 e. The topological polar surface area (TPSA) is 77.8 Å². The van der Waals surface area contributed by atoms with E-state index in [1.54, 1.807) is 41.8 Å². The molecule has 2 heterocycles. The lowest BCUT2D eigenvalue weighted by atomic mass is 10.3. The Balaban J connectivity index is 1.95. The number of guanidine groups is 1. The molecule has 3 rings (SSSR count). The fourth-order valence-electron chi connectivity index (χ4n) is 2.04. The van der Waals surface area contributed by atoms with E-state index in [1.807, 2.05) is 0 Å². The Labute approximate surface area is 159 Å². The number of benzene rings is 1. The minimum Gasteiger partial charge on any atom is -0.322 e. The van der Waals surface area contributed by atoms with E-state index < -0.39 is 11.9 Å². The average molecular weight is 443 g/mol. The maximum absolute atomic E-state index is 13.1. The van der Waals surface area contributed by atoms with E-state index in [-0.39, 0.29) is 17.6 Å². The maximum Gasteiger partial charge on any atom is 0.443 e. The molecule has 0 saturated carbocycles. The van der Waals surface area contributed by atoms with Crippen LogP contribution in [0, 0.1) is 0 Å². The van der Waals surface area contributed by atoms with Crippen molar-refractivity contribution in [2.24, 2.45) is 5.73 Å². The number of nitrogens with two attached hydrogens (primary N) is 1. The van der Waals surface area contributed by atoms with E-state index in [0.29, 0.717) is 10.6 Å². The predicted molar refractivity (Wildman–Crippen MR) is 97.9 cm³/mol. The summed E-state index contributed by atoms with van der Waals surface area (Å²) in [5.74, 6) is -0.242. The number of anilines is 1. The SMILES string of the molecule is NC(Nc1ccc(Br)cc1)=[NH+]c1nc(-c2cccs2)cc(C(F)(F)F)n1. The maximum atomic E-state index is 13.1. The van der Waals surface area contributed by atoms with Gasteiger partial charge in [-0.05, 0) is 35.7 Å². The monoisotopic (exact) mass is 442 g/mol. The van der Waals surface area contributed by atoms with Gasteiger partial charge < -0.3 is 5.73 Å². The zero-order chi connectivity index (χ0) is 18.7. The van der Waals surface area contributed by atoms with Gasteiger partial charge in [-0.15, -0.1) is 21.3 Å². The fourth-order valence-corrected chi connectivity index (χ4v) is 2.99. The Bertz CT molecular complexity index is 924. The van der Waals surface area contributed by atoms with Gasteiger partial charge in [0, 0.05) is 10.5 Å². The summed E-state index contributed by atoms with van der Waals surface area (Å²) in [6.07, 6.45) is -4.60. The van der Waals surface area contributed by atoms with Crippen molar-refractivity contribution in [2.75, 3.05) is 5.32 Å². The molecule has 0 saturated heterocycles. The van der Waals surface area contributed by atoms with Crippen molar-refractivity contribution in [1.29, 1.82) is 0 Å². The standard InChI is InChI=1S/C16H11BrF3N5S/c17-9-3-5-10(6-4-9)22-14(21)25-15-23-11(12-2-1-7-26-12)8-13(24-15)16(18,19)20/h1-8H,(H3,21,22,23,24,25)/p+1. The molecule has 0 atom stereocenters. The summed E-state index contributed by atoms with van der Waals surface area (Å²) >= 11 is 4.60. The summed E-state index contributed by atoms with van der Waals surface area (Å²) in [6.45, 7) is 0. The number of nitrogens with zero attached hydrogens (tertiary/aromatic N) is 2. The van der Waals surface area contributed by atoms with Gasteiger partial charge in [0.15, 0.2) is 5.69 Å². The molecule has 0 aliphatic heterocycles. The molecule has 0 amide bonds. The second-order valence-corrected chi connectivity index (χ2v) is 6.97. The molecule has 4 N–H and O–H groups in total. The summed E-state index contributed by atoms with van der Waals surface area (Å²) in [4.78, 5) is 10.8. The number of hydrogen-bond donors (Lipinski definition) is 3. The molecular formula is C16H12BrF3N5S+. The minimum atomic E-state index is -4.60. The van der Waals surface area contributed by atoms with Crippen molar-refractivity contribution in [1.82, 2.24) is 9.97 Å². The van der Waals surface area contributed by atoms with Gasteiger partial charge in [-0.25, -0.2) is 4.99 Å². The van der Waals surface area contributed by atoms with Crippen LogP contribution < -0.4 is 16.0 Å². The fraction of sp³-hybridized carbons (Fsp3) is 0.0625. The zero-order valence-corrected chi connectivity index (χ0v) is 15.4. The second-order valence-electron chi connectivity index (χ2n) is 5.11. The van der Waals surface area contributed by atoms with Gasteiger partial charge in [0.1, 0.15) is 5.69 Å². The van der Waals surface area contributed by atoms with Crippen LogP contribution in [0.1, 0.15) is 5.69 Å². The Morgan fingerprint density at radius 1 is 1.15 bits per heavy atom. The normalized spacial score (nSPS) is 12.2. The Morgan fingerprint density at radius 3 is 2.50 bits per heavy atom. The van der Waals surface area contributed by atoms with Gasteiger partial charge in [0.05, 0.1) is 10.6 Å². The van der Waals surface area contributed by atoms with Gasteiger partial charge in [-0.2, -0.15) is 13.2 Å². The van der Waals surface area contributed by atoms with Crippen LogP contribution in [0.4, 0.5) is 24.8 Å². The highest BCUT2D eigenvalue weighted by molar-refractivity contribution is 9.10. The molecule has 0 radical (unpaired) electrons. The summed E-state index contributed by atoms with van der Waals surface area (Å²) in [5.41, 5.74) is 5.61. The van der Waals surface area contributed by atoms with Crippen LogP contribution in [0.5, 0.6) is 0 Å². The number of rotatable bonds is 3. The van der Waals surface area contributed by atoms with Crippen molar-refractivity contribution < 1.29 is 18.2 Å². The molecule has 0 fully saturated rings. The number of thiophene rings is 1. The van der Waals surface area contributed by atoms with Crippen LogP contribution in [0.15, 0.2) is 52.3 Å². The molecule has 0 bridgehead atoms. The first-order chi connectivity index (χ1) is 12.3. The number of nitrogens with one attached hydrogen (secondary N) is 2.